The number of amides is 2. The van der Waals surface area contributed by atoms with E-state index in [-0.39, 0.29) is 22.3 Å². The van der Waals surface area contributed by atoms with Crippen LogP contribution in [0.2, 0.25) is 0 Å². The first kappa shape index (κ1) is 20.4. The number of halogens is 1. The number of methoxy groups -OCH3 is 1. The van der Waals surface area contributed by atoms with Crippen LogP contribution in [-0.4, -0.2) is 31.2 Å². The fraction of sp³-hybridized carbons (Fsp3) is 0.190. The highest BCUT2D eigenvalue weighted by Crippen LogP contribution is 2.42. The summed E-state index contributed by atoms with van der Waals surface area (Å²) in [5.41, 5.74) is 1.13. The molecule has 1 heterocycles. The molecule has 0 saturated carbocycles. The molecule has 1 aliphatic heterocycles. The van der Waals surface area contributed by atoms with Crippen molar-refractivity contribution in [2.24, 2.45) is 0 Å². The second-order valence-corrected chi connectivity index (χ2v) is 7.37. The maximum atomic E-state index is 13.2. The maximum absolute atomic E-state index is 13.2. The van der Waals surface area contributed by atoms with E-state index < -0.39 is 11.2 Å². The Morgan fingerprint density at radius 2 is 2.03 bits per heavy atom. The summed E-state index contributed by atoms with van der Waals surface area (Å²) < 4.78 is 18.4. The third kappa shape index (κ3) is 4.25. The van der Waals surface area contributed by atoms with Gasteiger partial charge in [0.15, 0.2) is 0 Å². The van der Waals surface area contributed by atoms with Crippen LogP contribution in [0.5, 0.6) is 5.75 Å². The minimum atomic E-state index is -0.571. The fourth-order valence-electron chi connectivity index (χ4n) is 2.93. The van der Waals surface area contributed by atoms with Gasteiger partial charge >= 0.3 is 0 Å². The SMILES string of the molecule is CNC(=O)/C(C#N)=C1/S[C@@H](Cc2ccc(F)cc2)C(=O)N1c1cccc(OC)c1. The smallest absolute Gasteiger partial charge is 0.264 e. The number of hydrogen-bond donors (Lipinski definition) is 1. The third-order valence-corrected chi connectivity index (χ3v) is 5.64. The van der Waals surface area contributed by atoms with Crippen molar-refractivity contribution in [3.8, 4) is 11.8 Å². The van der Waals surface area contributed by atoms with Crippen molar-refractivity contribution in [3.63, 3.8) is 0 Å². The normalized spacial score (nSPS) is 17.7. The van der Waals surface area contributed by atoms with Crippen LogP contribution < -0.4 is 15.0 Å². The molecule has 2 amide bonds. The predicted molar refractivity (Wildman–Crippen MR) is 109 cm³/mol. The Morgan fingerprint density at radius 3 is 2.66 bits per heavy atom. The zero-order valence-electron chi connectivity index (χ0n) is 15.8. The van der Waals surface area contributed by atoms with Crippen LogP contribution in [0.25, 0.3) is 0 Å². The molecule has 0 aliphatic carbocycles. The van der Waals surface area contributed by atoms with Crippen molar-refractivity contribution < 1.29 is 18.7 Å². The molecule has 3 rings (SSSR count). The molecular formula is C21H18FN3O3S. The molecule has 8 heteroatoms. The quantitative estimate of drug-likeness (QED) is 0.604. The minimum absolute atomic E-state index is 0.143. The number of ether oxygens (including phenoxy) is 1. The van der Waals surface area contributed by atoms with Crippen LogP contribution in [0.3, 0.4) is 0 Å². The van der Waals surface area contributed by atoms with Gasteiger partial charge in [0.05, 0.1) is 18.0 Å². The van der Waals surface area contributed by atoms with Crippen LogP contribution in [0, 0.1) is 17.1 Å². The van der Waals surface area contributed by atoms with E-state index in [2.05, 4.69) is 5.32 Å². The molecule has 148 valence electrons. The number of likely N-dealkylation sites (N-methyl/N-ethyl adjacent to an activating group) is 1. The lowest BCUT2D eigenvalue weighted by Gasteiger charge is -2.19. The van der Waals surface area contributed by atoms with Gasteiger partial charge in [-0.25, -0.2) is 4.39 Å². The molecule has 1 N–H and O–H groups in total. The van der Waals surface area contributed by atoms with Crippen molar-refractivity contribution >= 4 is 29.3 Å². The number of nitriles is 1. The van der Waals surface area contributed by atoms with Crippen LogP contribution >= 0.6 is 11.8 Å². The second-order valence-electron chi connectivity index (χ2n) is 6.18. The number of nitrogens with zero attached hydrogens (tertiary/aromatic N) is 2. The fourth-order valence-corrected chi connectivity index (χ4v) is 4.24. The number of carbonyl (C=O) groups is 2. The first-order valence-electron chi connectivity index (χ1n) is 8.74. The summed E-state index contributed by atoms with van der Waals surface area (Å²) in [4.78, 5) is 26.8. The molecule has 29 heavy (non-hydrogen) atoms. The Labute approximate surface area is 172 Å². The van der Waals surface area contributed by atoms with E-state index in [0.29, 0.717) is 17.9 Å². The second kappa shape index (κ2) is 8.80. The zero-order chi connectivity index (χ0) is 21.0. The van der Waals surface area contributed by atoms with Crippen LogP contribution in [-0.2, 0) is 16.0 Å². The Hall–Kier alpha value is -3.31. The van der Waals surface area contributed by atoms with Crippen molar-refractivity contribution in [2.75, 3.05) is 19.1 Å². The van der Waals surface area contributed by atoms with Gasteiger partial charge in [0.25, 0.3) is 5.91 Å². The zero-order valence-corrected chi connectivity index (χ0v) is 16.6. The lowest BCUT2D eigenvalue weighted by atomic mass is 10.1. The molecule has 1 fully saturated rings. The van der Waals surface area contributed by atoms with E-state index in [1.54, 1.807) is 36.4 Å². The Kier molecular flexibility index (Phi) is 6.20. The summed E-state index contributed by atoms with van der Waals surface area (Å²) in [7, 11) is 2.94. The summed E-state index contributed by atoms with van der Waals surface area (Å²) in [5, 5.41) is 11.7. The molecular weight excluding hydrogens is 393 g/mol. The van der Waals surface area contributed by atoms with Gasteiger partial charge in [0.1, 0.15) is 28.2 Å². The van der Waals surface area contributed by atoms with Crippen LogP contribution in [0.15, 0.2) is 59.1 Å². The van der Waals surface area contributed by atoms with E-state index in [1.165, 1.54) is 31.2 Å². The molecule has 0 unspecified atom stereocenters. The lowest BCUT2D eigenvalue weighted by Crippen LogP contribution is -2.31. The average Bonchev–Trinajstić information content (AvgIpc) is 3.05. The van der Waals surface area contributed by atoms with Gasteiger partial charge < -0.3 is 10.1 Å². The van der Waals surface area contributed by atoms with E-state index in [0.717, 1.165) is 17.3 Å². The predicted octanol–water partition coefficient (Wildman–Crippen LogP) is 3.01. The molecule has 1 aliphatic rings. The van der Waals surface area contributed by atoms with E-state index in [9.17, 15) is 19.2 Å². The van der Waals surface area contributed by atoms with Crippen molar-refractivity contribution in [1.29, 1.82) is 5.26 Å². The Morgan fingerprint density at radius 1 is 1.31 bits per heavy atom. The van der Waals surface area contributed by atoms with Gasteiger partial charge in [0.2, 0.25) is 5.91 Å². The highest BCUT2D eigenvalue weighted by molar-refractivity contribution is 8.05. The molecule has 1 saturated heterocycles. The molecule has 0 spiro atoms. The molecule has 2 aromatic rings. The number of rotatable bonds is 5. The van der Waals surface area contributed by atoms with E-state index in [4.69, 9.17) is 4.74 Å². The summed E-state index contributed by atoms with van der Waals surface area (Å²) in [6.07, 6.45) is 0.334. The highest BCUT2D eigenvalue weighted by atomic mass is 32.2. The van der Waals surface area contributed by atoms with Crippen LogP contribution in [0.1, 0.15) is 5.56 Å². The monoisotopic (exact) mass is 411 g/mol. The largest absolute Gasteiger partial charge is 0.497 e. The van der Waals surface area contributed by atoms with Crippen LogP contribution in [0.4, 0.5) is 10.1 Å². The lowest BCUT2D eigenvalue weighted by molar-refractivity contribution is -0.117. The highest BCUT2D eigenvalue weighted by Gasteiger charge is 2.40. The molecule has 0 radical (unpaired) electrons. The number of hydrogen-bond acceptors (Lipinski definition) is 5. The molecule has 2 aromatic carbocycles. The Balaban J connectivity index is 2.05. The number of benzene rings is 2. The van der Waals surface area contributed by atoms with Crippen molar-refractivity contribution in [1.82, 2.24) is 5.32 Å². The number of carbonyl (C=O) groups excluding carboxylic acids is 2. The van der Waals surface area contributed by atoms with Gasteiger partial charge in [-0.15, -0.1) is 0 Å². The number of anilines is 1. The van der Waals surface area contributed by atoms with Gasteiger partial charge in [-0.1, -0.05) is 30.0 Å². The summed E-state index contributed by atoms with van der Waals surface area (Å²) in [5.74, 6) is -0.651. The molecule has 6 nitrogen and oxygen atoms in total. The number of nitrogens with one attached hydrogen (secondary N) is 1. The van der Waals surface area contributed by atoms with Gasteiger partial charge in [0, 0.05) is 13.1 Å². The summed E-state index contributed by atoms with van der Waals surface area (Å²) in [6, 6.07) is 14.6. The molecule has 0 bridgehead atoms. The topological polar surface area (TPSA) is 82.4 Å². The number of thioether (sulfide) groups is 1. The minimum Gasteiger partial charge on any atom is -0.497 e. The van der Waals surface area contributed by atoms with Gasteiger partial charge in [-0.2, -0.15) is 5.26 Å². The maximum Gasteiger partial charge on any atom is 0.264 e. The average molecular weight is 411 g/mol. The van der Waals surface area contributed by atoms with Gasteiger partial charge in [-0.3, -0.25) is 14.5 Å². The molecule has 1 atom stereocenters. The van der Waals surface area contributed by atoms with E-state index >= 15 is 0 Å². The third-order valence-electron chi connectivity index (χ3n) is 4.38. The van der Waals surface area contributed by atoms with E-state index in [1.807, 2.05) is 6.07 Å². The Bertz CT molecular complexity index is 1010. The molecule has 0 aromatic heterocycles. The summed E-state index contributed by atoms with van der Waals surface area (Å²) in [6.45, 7) is 0. The van der Waals surface area contributed by atoms with Crippen molar-refractivity contribution in [3.05, 3.63) is 70.5 Å². The first-order valence-corrected chi connectivity index (χ1v) is 9.62. The standard InChI is InChI=1S/C21H18FN3O3S/c1-24-19(26)17(12-23)21-25(15-4-3-5-16(11-15)28-2)20(27)18(29-21)10-13-6-8-14(22)9-7-13/h3-9,11,18H,10H2,1-2H3,(H,24,26)/b21-17+/t18-/m0/s1. The summed E-state index contributed by atoms with van der Waals surface area (Å²) >= 11 is 1.15. The van der Waals surface area contributed by atoms with Crippen molar-refractivity contribution in [2.45, 2.75) is 11.7 Å². The van der Waals surface area contributed by atoms with Gasteiger partial charge in [-0.05, 0) is 36.2 Å². The first-order chi connectivity index (χ1) is 14.0.